The molecule has 6 heteroatoms. The first kappa shape index (κ1) is 10.3. The Morgan fingerprint density at radius 2 is 2.43 bits per heavy atom. The molecule has 1 fully saturated rings. The van der Waals surface area contributed by atoms with E-state index in [9.17, 15) is 0 Å². The van der Waals surface area contributed by atoms with Gasteiger partial charge in [-0.3, -0.25) is 4.90 Å². The van der Waals surface area contributed by atoms with E-state index in [1.54, 1.807) is 0 Å². The minimum atomic E-state index is 0.312. The van der Waals surface area contributed by atoms with E-state index in [-0.39, 0.29) is 0 Å². The maximum atomic E-state index is 5.88. The summed E-state index contributed by atoms with van der Waals surface area (Å²) in [5.41, 5.74) is 5.88. The van der Waals surface area contributed by atoms with E-state index in [0.29, 0.717) is 10.5 Å². The highest BCUT2D eigenvalue weighted by Gasteiger charge is 2.17. The van der Waals surface area contributed by atoms with Gasteiger partial charge in [-0.2, -0.15) is 0 Å². The molecule has 0 aromatic carbocycles. The summed E-state index contributed by atoms with van der Waals surface area (Å²) in [6, 6.07) is 0.312. The van der Waals surface area contributed by atoms with Crippen LogP contribution in [0.25, 0.3) is 0 Å². The van der Waals surface area contributed by atoms with E-state index >= 15 is 0 Å². The van der Waals surface area contributed by atoms with Gasteiger partial charge in [-0.05, 0) is 31.0 Å². The SMILES string of the molecule is NC1CCCN(Cc2nnc(Cl)s2)C1. The lowest BCUT2D eigenvalue weighted by Crippen LogP contribution is -2.42. The van der Waals surface area contributed by atoms with Crippen molar-refractivity contribution in [3.63, 3.8) is 0 Å². The maximum absolute atomic E-state index is 5.88. The van der Waals surface area contributed by atoms with Crippen LogP contribution in [0.1, 0.15) is 17.8 Å². The van der Waals surface area contributed by atoms with Crippen molar-refractivity contribution in [3.8, 4) is 0 Å². The van der Waals surface area contributed by atoms with E-state index in [2.05, 4.69) is 15.1 Å². The number of rotatable bonds is 2. The molecule has 1 aliphatic rings. The third-order valence-corrected chi connectivity index (χ3v) is 3.35. The molecule has 0 aliphatic carbocycles. The van der Waals surface area contributed by atoms with Crippen molar-refractivity contribution in [3.05, 3.63) is 9.47 Å². The Balaban J connectivity index is 1.90. The van der Waals surface area contributed by atoms with Crippen molar-refractivity contribution in [2.45, 2.75) is 25.4 Å². The van der Waals surface area contributed by atoms with Gasteiger partial charge in [-0.1, -0.05) is 11.3 Å². The van der Waals surface area contributed by atoms with E-state index < -0.39 is 0 Å². The normalized spacial score (nSPS) is 24.0. The summed E-state index contributed by atoms with van der Waals surface area (Å²) < 4.78 is 0.515. The molecule has 1 unspecified atom stereocenters. The molecule has 0 amide bonds. The van der Waals surface area contributed by atoms with Crippen molar-refractivity contribution >= 4 is 22.9 Å². The number of hydrogen-bond acceptors (Lipinski definition) is 5. The molecular formula is C8H13ClN4S. The Kier molecular flexibility index (Phi) is 3.33. The van der Waals surface area contributed by atoms with E-state index in [0.717, 1.165) is 31.1 Å². The summed E-state index contributed by atoms with van der Waals surface area (Å²) in [4.78, 5) is 2.31. The van der Waals surface area contributed by atoms with Gasteiger partial charge in [-0.15, -0.1) is 10.2 Å². The maximum Gasteiger partial charge on any atom is 0.207 e. The smallest absolute Gasteiger partial charge is 0.207 e. The average molecular weight is 233 g/mol. The number of halogens is 1. The Labute approximate surface area is 92.1 Å². The molecule has 0 saturated carbocycles. The van der Waals surface area contributed by atoms with Gasteiger partial charge in [0.15, 0.2) is 0 Å². The van der Waals surface area contributed by atoms with Gasteiger partial charge >= 0.3 is 0 Å². The molecule has 1 aliphatic heterocycles. The van der Waals surface area contributed by atoms with Crippen molar-refractivity contribution in [2.24, 2.45) is 5.73 Å². The molecule has 4 nitrogen and oxygen atoms in total. The average Bonchev–Trinajstić information content (AvgIpc) is 2.51. The number of hydrogen-bond donors (Lipinski definition) is 1. The highest BCUT2D eigenvalue weighted by atomic mass is 35.5. The molecule has 0 bridgehead atoms. The zero-order valence-corrected chi connectivity index (χ0v) is 9.39. The summed E-state index contributed by atoms with van der Waals surface area (Å²) in [5.74, 6) is 0. The highest BCUT2D eigenvalue weighted by Crippen LogP contribution is 2.18. The van der Waals surface area contributed by atoms with Crippen LogP contribution in [-0.2, 0) is 6.54 Å². The molecular weight excluding hydrogens is 220 g/mol. The lowest BCUT2D eigenvalue weighted by molar-refractivity contribution is 0.201. The van der Waals surface area contributed by atoms with Crippen molar-refractivity contribution < 1.29 is 0 Å². The molecule has 0 spiro atoms. The first-order valence-electron chi connectivity index (χ1n) is 4.70. The summed E-state index contributed by atoms with van der Waals surface area (Å²) in [6.45, 7) is 2.89. The molecule has 1 atom stereocenters. The topological polar surface area (TPSA) is 55.0 Å². The monoisotopic (exact) mass is 232 g/mol. The van der Waals surface area contributed by atoms with Gasteiger partial charge in [0.25, 0.3) is 0 Å². The van der Waals surface area contributed by atoms with Gasteiger partial charge < -0.3 is 5.73 Å². The lowest BCUT2D eigenvalue weighted by atomic mass is 10.1. The van der Waals surface area contributed by atoms with E-state index in [1.165, 1.54) is 17.8 Å². The molecule has 1 aromatic heterocycles. The van der Waals surface area contributed by atoms with Crippen molar-refractivity contribution in [2.75, 3.05) is 13.1 Å². The van der Waals surface area contributed by atoms with Crippen LogP contribution in [-0.4, -0.2) is 34.2 Å². The van der Waals surface area contributed by atoms with Gasteiger partial charge in [0.1, 0.15) is 5.01 Å². The number of aromatic nitrogens is 2. The van der Waals surface area contributed by atoms with Crippen LogP contribution in [0.4, 0.5) is 0 Å². The largest absolute Gasteiger partial charge is 0.327 e. The Morgan fingerprint density at radius 3 is 3.07 bits per heavy atom. The molecule has 2 heterocycles. The van der Waals surface area contributed by atoms with Crippen molar-refractivity contribution in [1.82, 2.24) is 15.1 Å². The molecule has 1 saturated heterocycles. The molecule has 2 rings (SSSR count). The van der Waals surface area contributed by atoms with Crippen LogP contribution in [0.3, 0.4) is 0 Å². The van der Waals surface area contributed by atoms with Crippen LogP contribution in [0, 0.1) is 0 Å². The fourth-order valence-electron chi connectivity index (χ4n) is 1.72. The second-order valence-electron chi connectivity index (χ2n) is 3.59. The predicted molar refractivity (Wildman–Crippen MR) is 57.4 cm³/mol. The highest BCUT2D eigenvalue weighted by molar-refractivity contribution is 7.15. The van der Waals surface area contributed by atoms with Crippen LogP contribution < -0.4 is 5.73 Å². The Morgan fingerprint density at radius 1 is 1.57 bits per heavy atom. The van der Waals surface area contributed by atoms with Crippen molar-refractivity contribution in [1.29, 1.82) is 0 Å². The van der Waals surface area contributed by atoms with Gasteiger partial charge in [-0.25, -0.2) is 0 Å². The summed E-state index contributed by atoms with van der Waals surface area (Å²) in [6.07, 6.45) is 2.31. The Hall–Kier alpha value is -0.230. The quantitative estimate of drug-likeness (QED) is 0.830. The van der Waals surface area contributed by atoms with Gasteiger partial charge in [0.05, 0.1) is 6.54 Å². The van der Waals surface area contributed by atoms with E-state index in [4.69, 9.17) is 17.3 Å². The van der Waals surface area contributed by atoms with Crippen LogP contribution in [0.15, 0.2) is 0 Å². The summed E-state index contributed by atoms with van der Waals surface area (Å²) >= 11 is 7.15. The standard InChI is InChI=1S/C8H13ClN4S/c9-8-12-11-7(14-8)5-13-3-1-2-6(10)4-13/h6H,1-5,10H2. The number of piperidine rings is 1. The number of likely N-dealkylation sites (tertiary alicyclic amines) is 1. The number of nitrogens with two attached hydrogens (primary N) is 1. The first-order valence-corrected chi connectivity index (χ1v) is 5.89. The second kappa shape index (κ2) is 4.53. The minimum Gasteiger partial charge on any atom is -0.327 e. The molecule has 2 N–H and O–H groups in total. The van der Waals surface area contributed by atoms with Crippen LogP contribution >= 0.6 is 22.9 Å². The number of nitrogens with zero attached hydrogens (tertiary/aromatic N) is 3. The van der Waals surface area contributed by atoms with E-state index in [1.807, 2.05) is 0 Å². The lowest BCUT2D eigenvalue weighted by Gasteiger charge is -2.29. The third-order valence-electron chi connectivity index (χ3n) is 2.34. The van der Waals surface area contributed by atoms with Gasteiger partial charge in [0, 0.05) is 12.6 Å². The fraction of sp³-hybridized carbons (Fsp3) is 0.750. The first-order chi connectivity index (χ1) is 6.74. The zero-order valence-electron chi connectivity index (χ0n) is 7.82. The minimum absolute atomic E-state index is 0.312. The summed E-state index contributed by atoms with van der Waals surface area (Å²) in [5, 5.41) is 8.74. The zero-order chi connectivity index (χ0) is 9.97. The Bertz CT molecular complexity index is 303. The molecule has 14 heavy (non-hydrogen) atoms. The molecule has 0 radical (unpaired) electrons. The molecule has 1 aromatic rings. The van der Waals surface area contributed by atoms with Gasteiger partial charge in [0.2, 0.25) is 4.47 Å². The van der Waals surface area contributed by atoms with Crippen LogP contribution in [0.5, 0.6) is 0 Å². The van der Waals surface area contributed by atoms with Crippen LogP contribution in [0.2, 0.25) is 4.47 Å². The predicted octanol–water partition coefficient (Wildman–Crippen LogP) is 1.11. The molecule has 78 valence electrons. The third kappa shape index (κ3) is 2.63. The fourth-order valence-corrected chi connectivity index (χ4v) is 2.63. The second-order valence-corrected chi connectivity index (χ2v) is 5.23. The summed E-state index contributed by atoms with van der Waals surface area (Å²) in [7, 11) is 0.